The molecule has 3 nitrogen and oxygen atoms in total. The first kappa shape index (κ1) is 48.2. The summed E-state index contributed by atoms with van der Waals surface area (Å²) in [5.74, 6) is 0. The third-order valence-corrected chi connectivity index (χ3v) is 17.9. The van der Waals surface area contributed by atoms with Gasteiger partial charge >= 0.3 is 0 Å². The summed E-state index contributed by atoms with van der Waals surface area (Å²) >= 11 is 0. The molecule has 0 radical (unpaired) electrons. The summed E-state index contributed by atoms with van der Waals surface area (Å²) in [5, 5.41) is 0. The van der Waals surface area contributed by atoms with Gasteiger partial charge in [0.1, 0.15) is 0 Å². The zero-order valence-corrected chi connectivity index (χ0v) is 46.5. The average molecular weight is 968 g/mol. The Morgan fingerprint density at radius 2 is 0.959 bits per heavy atom. The van der Waals surface area contributed by atoms with Crippen LogP contribution in [0.5, 0.6) is 0 Å². The molecule has 4 aliphatic rings. The van der Waals surface area contributed by atoms with Gasteiger partial charge in [-0.3, -0.25) is 0 Å². The predicted molar refractivity (Wildman–Crippen MR) is 319 cm³/mol. The van der Waals surface area contributed by atoms with E-state index in [0.29, 0.717) is 0 Å². The first-order valence-electron chi connectivity index (χ1n) is 27.3. The molecule has 0 saturated carbocycles. The number of aryl methyl sites for hydroxylation is 1. The predicted octanol–water partition coefficient (Wildman–Crippen LogP) is 16.9. The number of nitrogens with zero attached hydrogens (tertiary/aromatic N) is 3. The molecule has 1 aliphatic carbocycles. The van der Waals surface area contributed by atoms with Crippen LogP contribution in [0.3, 0.4) is 0 Å². The van der Waals surface area contributed by atoms with Gasteiger partial charge in [-0.25, -0.2) is 0 Å². The quantitative estimate of drug-likeness (QED) is 0.163. The Balaban J connectivity index is 1.16. The number of benzene rings is 8. The number of rotatable bonds is 4. The zero-order chi connectivity index (χ0) is 52.1. The Kier molecular flexibility index (Phi) is 10.7. The molecule has 12 rings (SSSR count). The smallest absolute Gasteiger partial charge is 0.252 e. The monoisotopic (exact) mass is 968 g/mol. The second-order valence-corrected chi connectivity index (χ2v) is 26.6. The first-order valence-corrected chi connectivity index (χ1v) is 27.3. The van der Waals surface area contributed by atoms with E-state index in [2.05, 4.69) is 281 Å². The van der Waals surface area contributed by atoms with E-state index < -0.39 is 0 Å². The van der Waals surface area contributed by atoms with Crippen LogP contribution in [0.15, 0.2) is 170 Å². The maximum absolute atomic E-state index is 2.75. The maximum atomic E-state index is 2.75. The summed E-state index contributed by atoms with van der Waals surface area (Å²) in [6.07, 6.45) is 2.15. The molecule has 4 heteroatoms. The van der Waals surface area contributed by atoms with Gasteiger partial charge in [0.15, 0.2) is 0 Å². The summed E-state index contributed by atoms with van der Waals surface area (Å²) in [6.45, 7) is 33.2. The standard InChI is InChI=1S/C70H74BN3/c1-65(2,3)47-28-32-51(33-29-47)72-61-44-52(74-59-37-31-49(67(7,8)9)41-55(59)69(13)39-38-46-24-18-19-25-54(46)70(69,74)14)34-35-57(61)71-56-26-20-21-27-60(56)73(63-43-50(68(10,11)12)42-62(72)64(63)71)58-36-30-48(66(4,5)6)40-53(58)45-22-16-15-17-23-45/h15-37,40-44H,38-39H2,1-14H3. The lowest BCUT2D eigenvalue weighted by atomic mass is 9.33. The Morgan fingerprint density at radius 1 is 0.405 bits per heavy atom. The topological polar surface area (TPSA) is 9.72 Å². The van der Waals surface area contributed by atoms with Gasteiger partial charge in [-0.1, -0.05) is 199 Å². The highest BCUT2D eigenvalue weighted by Gasteiger charge is 2.60. The second-order valence-electron chi connectivity index (χ2n) is 26.6. The van der Waals surface area contributed by atoms with Crippen molar-refractivity contribution in [1.82, 2.24) is 0 Å². The molecule has 8 aromatic carbocycles. The average Bonchev–Trinajstić information content (AvgIpc) is 3.58. The summed E-state index contributed by atoms with van der Waals surface area (Å²) in [6, 6.07) is 66.4. The normalized spacial score (nSPS) is 18.8. The van der Waals surface area contributed by atoms with E-state index in [-0.39, 0.29) is 39.3 Å². The first-order chi connectivity index (χ1) is 35.0. The van der Waals surface area contributed by atoms with Crippen LogP contribution in [0.1, 0.15) is 142 Å². The van der Waals surface area contributed by atoms with E-state index in [0.717, 1.165) is 12.8 Å². The van der Waals surface area contributed by atoms with Gasteiger partial charge in [0.05, 0.1) is 11.2 Å². The minimum absolute atomic E-state index is 0.0129. The molecule has 2 atom stereocenters. The van der Waals surface area contributed by atoms with Crippen molar-refractivity contribution in [2.45, 2.75) is 142 Å². The minimum atomic E-state index is -0.343. The number of fused-ring (bicyclic) bond motifs is 9. The lowest BCUT2D eigenvalue weighted by molar-refractivity contribution is 0.245. The third-order valence-electron chi connectivity index (χ3n) is 17.9. The number of para-hydroxylation sites is 1. The fourth-order valence-electron chi connectivity index (χ4n) is 13.4. The van der Waals surface area contributed by atoms with Crippen LogP contribution in [0.4, 0.5) is 45.5 Å². The SMILES string of the molecule is CC(C)(C)c1ccc(N2c3cc(N4c5ccc(C(C)(C)C)cc5C5(C)CCc6ccccc6C45C)ccc3B3c4ccccc4N(c4ccc(C(C)(C)C)cc4-c4ccccc4)c4cc(C(C)(C)C)cc2c43)cc1. The molecule has 0 N–H and O–H groups in total. The molecule has 74 heavy (non-hydrogen) atoms. The number of anilines is 8. The molecule has 0 aromatic heterocycles. The Bertz CT molecular complexity index is 3540. The molecular weight excluding hydrogens is 894 g/mol. The van der Waals surface area contributed by atoms with Crippen molar-refractivity contribution in [3.05, 3.63) is 209 Å². The van der Waals surface area contributed by atoms with Gasteiger partial charge in [-0.15, -0.1) is 0 Å². The van der Waals surface area contributed by atoms with E-state index in [1.54, 1.807) is 0 Å². The fraction of sp³-hybridized carbons (Fsp3) is 0.314. The van der Waals surface area contributed by atoms with Crippen molar-refractivity contribution in [3.63, 3.8) is 0 Å². The summed E-state index contributed by atoms with van der Waals surface area (Å²) in [7, 11) is 0. The molecular formula is C70H74BN3. The Hall–Kier alpha value is -6.78. The van der Waals surface area contributed by atoms with E-state index in [1.807, 2.05) is 0 Å². The summed E-state index contributed by atoms with van der Waals surface area (Å²) < 4.78 is 0. The van der Waals surface area contributed by atoms with Crippen molar-refractivity contribution >= 4 is 68.6 Å². The number of hydrogen-bond donors (Lipinski definition) is 0. The van der Waals surface area contributed by atoms with Gasteiger partial charge in [0.25, 0.3) is 6.71 Å². The van der Waals surface area contributed by atoms with Crippen LogP contribution in [0, 0.1) is 0 Å². The second kappa shape index (κ2) is 16.4. The third kappa shape index (κ3) is 7.21. The van der Waals surface area contributed by atoms with Crippen LogP contribution in [-0.2, 0) is 39.0 Å². The van der Waals surface area contributed by atoms with Crippen molar-refractivity contribution < 1.29 is 0 Å². The van der Waals surface area contributed by atoms with Gasteiger partial charge in [-0.05, 0) is 163 Å². The van der Waals surface area contributed by atoms with E-state index in [4.69, 9.17) is 0 Å². The molecule has 3 heterocycles. The lowest BCUT2D eigenvalue weighted by Gasteiger charge is -2.51. The Labute approximate surface area is 443 Å². The molecule has 0 amide bonds. The molecule has 372 valence electrons. The van der Waals surface area contributed by atoms with E-state index >= 15 is 0 Å². The highest BCUT2D eigenvalue weighted by molar-refractivity contribution is 7.00. The lowest BCUT2D eigenvalue weighted by Crippen LogP contribution is -2.61. The zero-order valence-electron chi connectivity index (χ0n) is 46.5. The minimum Gasteiger partial charge on any atom is -0.330 e. The van der Waals surface area contributed by atoms with Crippen molar-refractivity contribution in [2.24, 2.45) is 0 Å². The van der Waals surface area contributed by atoms with Crippen molar-refractivity contribution in [3.8, 4) is 11.1 Å². The molecule has 0 saturated heterocycles. The van der Waals surface area contributed by atoms with Crippen LogP contribution >= 0.6 is 0 Å². The highest BCUT2D eigenvalue weighted by Crippen LogP contribution is 2.64. The summed E-state index contributed by atoms with van der Waals surface area (Å²) in [5.41, 5.74) is 25.4. The molecule has 2 unspecified atom stereocenters. The van der Waals surface area contributed by atoms with Gasteiger partial charge in [-0.2, -0.15) is 0 Å². The van der Waals surface area contributed by atoms with Crippen LogP contribution < -0.4 is 31.1 Å². The maximum Gasteiger partial charge on any atom is 0.252 e. The molecule has 0 bridgehead atoms. The largest absolute Gasteiger partial charge is 0.330 e. The molecule has 8 aromatic rings. The summed E-state index contributed by atoms with van der Waals surface area (Å²) in [4.78, 5) is 8.01. The van der Waals surface area contributed by atoms with Gasteiger partial charge < -0.3 is 14.7 Å². The van der Waals surface area contributed by atoms with Crippen molar-refractivity contribution in [1.29, 1.82) is 0 Å². The van der Waals surface area contributed by atoms with E-state index in [9.17, 15) is 0 Å². The molecule has 0 spiro atoms. The van der Waals surface area contributed by atoms with Crippen molar-refractivity contribution in [2.75, 3.05) is 14.7 Å². The molecule has 3 aliphatic heterocycles. The fourth-order valence-corrected chi connectivity index (χ4v) is 13.4. The van der Waals surface area contributed by atoms with Crippen LogP contribution in [0.2, 0.25) is 0 Å². The Morgan fingerprint density at radius 3 is 1.64 bits per heavy atom. The highest BCUT2D eigenvalue weighted by atomic mass is 15.3. The molecule has 0 fully saturated rings. The van der Waals surface area contributed by atoms with Crippen LogP contribution in [-0.4, -0.2) is 6.71 Å². The van der Waals surface area contributed by atoms with E-state index in [1.165, 1.54) is 112 Å². The van der Waals surface area contributed by atoms with Crippen LogP contribution in [0.25, 0.3) is 11.1 Å². The van der Waals surface area contributed by atoms with Gasteiger partial charge in [0, 0.05) is 50.8 Å². The van der Waals surface area contributed by atoms with Gasteiger partial charge in [0.2, 0.25) is 0 Å². The number of hydrogen-bond acceptors (Lipinski definition) is 3.